The standard InChI is InChI=1S/C5H6O6/c6-3(7)1-2(4(8)9)5(10)11/h2H,1H2,(H,6,7)(H,8,9)(H,10,11)/i1+1. The molecule has 0 saturated carbocycles. The van der Waals surface area contributed by atoms with Crippen LogP contribution in [-0.4, -0.2) is 33.2 Å². The van der Waals surface area contributed by atoms with Gasteiger partial charge in [0.2, 0.25) is 0 Å². The van der Waals surface area contributed by atoms with E-state index in [2.05, 4.69) is 0 Å². The lowest BCUT2D eigenvalue weighted by Gasteiger charge is -2.01. The Balaban J connectivity index is 4.23. The summed E-state index contributed by atoms with van der Waals surface area (Å²) in [6.45, 7) is 0. The van der Waals surface area contributed by atoms with Crippen molar-refractivity contribution < 1.29 is 29.7 Å². The molecule has 0 amide bonds. The van der Waals surface area contributed by atoms with Gasteiger partial charge in [0.15, 0.2) is 5.92 Å². The first-order valence-corrected chi connectivity index (χ1v) is 2.62. The maximum atomic E-state index is 10.0. The van der Waals surface area contributed by atoms with E-state index in [-0.39, 0.29) is 0 Å². The molecule has 6 heteroatoms. The molecule has 0 atom stereocenters. The molecule has 0 bridgehead atoms. The quantitative estimate of drug-likeness (QED) is 0.371. The van der Waals surface area contributed by atoms with E-state index in [9.17, 15) is 14.4 Å². The van der Waals surface area contributed by atoms with Gasteiger partial charge in [-0.2, -0.15) is 0 Å². The highest BCUT2D eigenvalue weighted by Crippen LogP contribution is 2.02. The van der Waals surface area contributed by atoms with Gasteiger partial charge in [-0.15, -0.1) is 0 Å². The monoisotopic (exact) mass is 163 g/mol. The van der Waals surface area contributed by atoms with Crippen LogP contribution in [-0.2, 0) is 14.4 Å². The molecule has 0 fully saturated rings. The number of hydrogen-bond donors (Lipinski definition) is 3. The molecule has 0 aromatic carbocycles. The lowest BCUT2D eigenvalue weighted by atomic mass is 10.2. The summed E-state index contributed by atoms with van der Waals surface area (Å²) < 4.78 is 0. The van der Waals surface area contributed by atoms with Crippen LogP contribution in [0.3, 0.4) is 0 Å². The summed E-state index contributed by atoms with van der Waals surface area (Å²) in [5.74, 6) is -6.58. The van der Waals surface area contributed by atoms with Crippen LogP contribution < -0.4 is 0 Å². The zero-order chi connectivity index (χ0) is 9.02. The highest BCUT2D eigenvalue weighted by molar-refractivity contribution is 5.96. The van der Waals surface area contributed by atoms with Crippen molar-refractivity contribution >= 4 is 17.9 Å². The molecule has 0 spiro atoms. The first-order valence-electron chi connectivity index (χ1n) is 2.62. The van der Waals surface area contributed by atoms with Crippen LogP contribution in [0.1, 0.15) is 6.42 Å². The van der Waals surface area contributed by atoms with E-state index in [0.717, 1.165) is 0 Å². The van der Waals surface area contributed by atoms with Crippen molar-refractivity contribution in [2.24, 2.45) is 5.92 Å². The van der Waals surface area contributed by atoms with Gasteiger partial charge >= 0.3 is 17.9 Å². The van der Waals surface area contributed by atoms with Crippen LogP contribution in [0.4, 0.5) is 0 Å². The van der Waals surface area contributed by atoms with Crippen molar-refractivity contribution in [3.05, 3.63) is 0 Å². The van der Waals surface area contributed by atoms with Gasteiger partial charge in [-0.05, 0) is 0 Å². The van der Waals surface area contributed by atoms with Gasteiger partial charge in [-0.25, -0.2) is 0 Å². The van der Waals surface area contributed by atoms with Crippen LogP contribution in [0.5, 0.6) is 0 Å². The molecule has 0 saturated heterocycles. The summed E-state index contributed by atoms with van der Waals surface area (Å²) in [5, 5.41) is 24.4. The molecule has 3 N–H and O–H groups in total. The summed E-state index contributed by atoms with van der Waals surface area (Å²) in [6, 6.07) is 0. The Bertz CT molecular complexity index is 181. The summed E-state index contributed by atoms with van der Waals surface area (Å²) in [4.78, 5) is 30.0. The Morgan fingerprint density at radius 1 is 1.00 bits per heavy atom. The molecule has 0 aromatic heterocycles. The van der Waals surface area contributed by atoms with E-state index in [1.165, 1.54) is 0 Å². The van der Waals surface area contributed by atoms with Gasteiger partial charge in [0.25, 0.3) is 0 Å². The topological polar surface area (TPSA) is 112 Å². The molecule has 62 valence electrons. The first kappa shape index (κ1) is 9.41. The van der Waals surface area contributed by atoms with Crippen LogP contribution in [0.2, 0.25) is 0 Å². The number of rotatable bonds is 4. The van der Waals surface area contributed by atoms with E-state index >= 15 is 0 Å². The predicted molar refractivity (Wildman–Crippen MR) is 31.0 cm³/mol. The molecule has 0 radical (unpaired) electrons. The molecule has 0 heterocycles. The highest BCUT2D eigenvalue weighted by atomic mass is 16.4. The van der Waals surface area contributed by atoms with Crippen LogP contribution in [0, 0.1) is 5.92 Å². The molecule has 0 aliphatic heterocycles. The molecule has 0 rings (SSSR count). The molecule has 6 nitrogen and oxygen atoms in total. The van der Waals surface area contributed by atoms with Crippen molar-refractivity contribution in [1.29, 1.82) is 0 Å². The SMILES string of the molecule is O=C(O)[13CH2]C(C(=O)O)C(=O)O. The van der Waals surface area contributed by atoms with E-state index in [0.29, 0.717) is 0 Å². The fourth-order valence-electron chi connectivity index (χ4n) is 0.455. The van der Waals surface area contributed by atoms with Crippen molar-refractivity contribution in [3.8, 4) is 0 Å². The van der Waals surface area contributed by atoms with Gasteiger partial charge < -0.3 is 15.3 Å². The number of carbonyl (C=O) groups is 3. The maximum absolute atomic E-state index is 10.0. The second-order valence-corrected chi connectivity index (χ2v) is 1.83. The maximum Gasteiger partial charge on any atom is 0.318 e. The Labute approximate surface area is 61.1 Å². The molecule has 0 aliphatic rings. The Morgan fingerprint density at radius 3 is 1.45 bits per heavy atom. The van der Waals surface area contributed by atoms with Gasteiger partial charge in [0.1, 0.15) is 0 Å². The second-order valence-electron chi connectivity index (χ2n) is 1.83. The second kappa shape index (κ2) is 3.55. The lowest BCUT2D eigenvalue weighted by molar-refractivity contribution is -0.159. The third-order valence-corrected chi connectivity index (χ3v) is 0.975. The number of carboxylic acid groups (broad SMARTS) is 3. The zero-order valence-electron chi connectivity index (χ0n) is 5.35. The summed E-state index contributed by atoms with van der Waals surface area (Å²) in [6.07, 6.45) is -0.898. The van der Waals surface area contributed by atoms with Crippen molar-refractivity contribution in [2.45, 2.75) is 6.42 Å². The molecular formula is C5H6O6. The van der Waals surface area contributed by atoms with E-state index in [1.807, 2.05) is 0 Å². The summed E-state index contributed by atoms with van der Waals surface area (Å²) in [7, 11) is 0. The van der Waals surface area contributed by atoms with E-state index in [1.54, 1.807) is 0 Å². The predicted octanol–water partition coefficient (Wildman–Crippen LogP) is -0.754. The largest absolute Gasteiger partial charge is 0.481 e. The normalized spacial score (nSPS) is 9.55. The average molecular weight is 163 g/mol. The molecular weight excluding hydrogens is 157 g/mol. The molecule has 0 aromatic rings. The first-order chi connectivity index (χ1) is 4.95. The van der Waals surface area contributed by atoms with Crippen molar-refractivity contribution in [2.75, 3.05) is 0 Å². The minimum absolute atomic E-state index is 0.898. The summed E-state index contributed by atoms with van der Waals surface area (Å²) in [5.41, 5.74) is 0. The van der Waals surface area contributed by atoms with Crippen molar-refractivity contribution in [1.82, 2.24) is 0 Å². The fourth-order valence-corrected chi connectivity index (χ4v) is 0.455. The van der Waals surface area contributed by atoms with Crippen LogP contribution in [0.25, 0.3) is 0 Å². The number of hydrogen-bond acceptors (Lipinski definition) is 3. The molecule has 0 unspecified atom stereocenters. The Morgan fingerprint density at radius 2 is 1.36 bits per heavy atom. The van der Waals surface area contributed by atoms with E-state index < -0.39 is 30.2 Å². The molecule has 11 heavy (non-hydrogen) atoms. The zero-order valence-corrected chi connectivity index (χ0v) is 5.35. The Kier molecular flexibility index (Phi) is 3.03. The summed E-state index contributed by atoms with van der Waals surface area (Å²) >= 11 is 0. The van der Waals surface area contributed by atoms with Gasteiger partial charge in [0.05, 0.1) is 6.42 Å². The van der Waals surface area contributed by atoms with Gasteiger partial charge in [-0.1, -0.05) is 0 Å². The lowest BCUT2D eigenvalue weighted by Crippen LogP contribution is -2.25. The van der Waals surface area contributed by atoms with Gasteiger partial charge in [-0.3, -0.25) is 14.4 Å². The third-order valence-electron chi connectivity index (χ3n) is 0.975. The van der Waals surface area contributed by atoms with E-state index in [4.69, 9.17) is 15.3 Å². The van der Waals surface area contributed by atoms with Crippen LogP contribution in [0.15, 0.2) is 0 Å². The average Bonchev–Trinajstić information content (AvgIpc) is 1.81. The minimum atomic E-state index is -1.85. The molecule has 0 aliphatic carbocycles. The van der Waals surface area contributed by atoms with Gasteiger partial charge in [0, 0.05) is 0 Å². The number of aliphatic carboxylic acids is 3. The number of carboxylic acids is 3. The smallest absolute Gasteiger partial charge is 0.318 e. The Hall–Kier alpha value is -1.59. The fraction of sp³-hybridized carbons (Fsp3) is 0.400. The minimum Gasteiger partial charge on any atom is -0.481 e. The third kappa shape index (κ3) is 3.19. The van der Waals surface area contributed by atoms with Crippen LogP contribution >= 0.6 is 0 Å². The highest BCUT2D eigenvalue weighted by Gasteiger charge is 2.28. The van der Waals surface area contributed by atoms with Crippen molar-refractivity contribution in [3.63, 3.8) is 0 Å².